The number of allylic oxidation sites excluding steroid dienone is 2. The average Bonchev–Trinajstić information content (AvgIpc) is 2.02. The molecule has 0 bridgehead atoms. The van der Waals surface area contributed by atoms with Crippen LogP contribution in [0.25, 0.3) is 0 Å². The van der Waals surface area contributed by atoms with Crippen LogP contribution in [-0.4, -0.2) is 24.3 Å². The Hall–Kier alpha value is -1.09. The zero-order valence-electron chi connectivity index (χ0n) is 7.41. The van der Waals surface area contributed by atoms with E-state index in [9.17, 15) is 4.79 Å². The van der Waals surface area contributed by atoms with E-state index in [0.717, 1.165) is 5.57 Å². The maximum Gasteiger partial charge on any atom is 0.330 e. The molecule has 0 aromatic carbocycles. The van der Waals surface area contributed by atoms with Gasteiger partial charge in [0, 0.05) is 6.08 Å². The van der Waals surface area contributed by atoms with Crippen molar-refractivity contribution in [3.05, 3.63) is 23.8 Å². The molecule has 3 nitrogen and oxygen atoms in total. The summed E-state index contributed by atoms with van der Waals surface area (Å²) < 4.78 is 4.65. The smallest absolute Gasteiger partial charge is 0.330 e. The van der Waals surface area contributed by atoms with Crippen molar-refractivity contribution in [2.75, 3.05) is 13.2 Å². The molecule has 0 amide bonds. The highest BCUT2D eigenvalue weighted by Crippen LogP contribution is 1.94. The number of hydrogen-bond acceptors (Lipinski definition) is 3. The van der Waals surface area contributed by atoms with Gasteiger partial charge >= 0.3 is 5.97 Å². The molecular formula is C9H14O3. The van der Waals surface area contributed by atoms with Gasteiger partial charge in [0.1, 0.15) is 0 Å². The van der Waals surface area contributed by atoms with Crippen LogP contribution in [0.15, 0.2) is 23.8 Å². The lowest BCUT2D eigenvalue weighted by molar-refractivity contribution is -0.137. The van der Waals surface area contributed by atoms with Crippen molar-refractivity contribution >= 4 is 5.97 Å². The first-order valence-electron chi connectivity index (χ1n) is 3.83. The third kappa shape index (κ3) is 5.68. The second-order valence-electron chi connectivity index (χ2n) is 2.22. The van der Waals surface area contributed by atoms with Crippen LogP contribution in [0.2, 0.25) is 0 Å². The molecule has 0 saturated carbocycles. The summed E-state index contributed by atoms with van der Waals surface area (Å²) in [5.41, 5.74) is 0.838. The minimum Gasteiger partial charge on any atom is -0.463 e. The van der Waals surface area contributed by atoms with Crippen molar-refractivity contribution in [3.8, 4) is 0 Å². The number of hydrogen-bond donors (Lipinski definition) is 1. The number of ether oxygens (including phenoxy) is 1. The van der Waals surface area contributed by atoms with Crippen molar-refractivity contribution in [1.29, 1.82) is 0 Å². The normalized spacial score (nSPS) is 12.1. The molecule has 0 rings (SSSR count). The summed E-state index contributed by atoms with van der Waals surface area (Å²) in [6.45, 7) is 3.92. The third-order valence-electron chi connectivity index (χ3n) is 1.18. The zero-order chi connectivity index (χ0) is 9.40. The Balaban J connectivity index is 3.89. The molecule has 0 aliphatic carbocycles. The van der Waals surface area contributed by atoms with E-state index < -0.39 is 0 Å². The molecule has 68 valence electrons. The molecule has 0 aromatic heterocycles. The standard InChI is InChI=1S/C9H14O3/c1-3-12-9(11)5-4-8(2)6-7-10/h4-6,10H,3,7H2,1-2H3/b5-4+,8-6+. The Labute approximate surface area is 72.3 Å². The first-order valence-corrected chi connectivity index (χ1v) is 3.83. The molecule has 0 heterocycles. The minimum atomic E-state index is -0.358. The van der Waals surface area contributed by atoms with Gasteiger partial charge < -0.3 is 9.84 Å². The second kappa shape index (κ2) is 6.61. The fourth-order valence-electron chi connectivity index (χ4n) is 0.602. The number of carbonyl (C=O) groups excluding carboxylic acids is 1. The summed E-state index contributed by atoms with van der Waals surface area (Å²) in [5.74, 6) is -0.358. The SMILES string of the molecule is CCOC(=O)/C=C/C(C)=C/CO. The van der Waals surface area contributed by atoms with Crippen LogP contribution in [-0.2, 0) is 9.53 Å². The predicted molar refractivity (Wildman–Crippen MR) is 46.6 cm³/mol. The molecular weight excluding hydrogens is 156 g/mol. The van der Waals surface area contributed by atoms with E-state index in [1.165, 1.54) is 6.08 Å². The van der Waals surface area contributed by atoms with Crippen LogP contribution in [0.1, 0.15) is 13.8 Å². The van der Waals surface area contributed by atoms with Crippen molar-refractivity contribution < 1.29 is 14.6 Å². The Bertz CT molecular complexity index is 192. The van der Waals surface area contributed by atoms with Gasteiger partial charge in [0.2, 0.25) is 0 Å². The van der Waals surface area contributed by atoms with Gasteiger partial charge in [-0.25, -0.2) is 4.79 Å². The van der Waals surface area contributed by atoms with Crippen LogP contribution in [0.3, 0.4) is 0 Å². The van der Waals surface area contributed by atoms with Crippen LogP contribution in [0, 0.1) is 0 Å². The van der Waals surface area contributed by atoms with Crippen LogP contribution in [0.4, 0.5) is 0 Å². The Morgan fingerprint density at radius 2 is 2.17 bits per heavy atom. The van der Waals surface area contributed by atoms with E-state index >= 15 is 0 Å². The van der Waals surface area contributed by atoms with Gasteiger partial charge in [-0.15, -0.1) is 0 Å². The van der Waals surface area contributed by atoms with E-state index in [0.29, 0.717) is 6.61 Å². The average molecular weight is 170 g/mol. The molecule has 0 unspecified atom stereocenters. The van der Waals surface area contributed by atoms with E-state index in [-0.39, 0.29) is 12.6 Å². The third-order valence-corrected chi connectivity index (χ3v) is 1.18. The maximum atomic E-state index is 10.8. The fraction of sp³-hybridized carbons (Fsp3) is 0.444. The van der Waals surface area contributed by atoms with E-state index in [2.05, 4.69) is 4.74 Å². The van der Waals surface area contributed by atoms with Gasteiger partial charge in [0.15, 0.2) is 0 Å². The molecule has 0 saturated heterocycles. The number of aliphatic hydroxyl groups is 1. The largest absolute Gasteiger partial charge is 0.463 e. The second-order valence-corrected chi connectivity index (χ2v) is 2.22. The van der Waals surface area contributed by atoms with E-state index in [1.807, 2.05) is 0 Å². The van der Waals surface area contributed by atoms with Crippen molar-refractivity contribution in [1.82, 2.24) is 0 Å². The number of aliphatic hydroxyl groups excluding tert-OH is 1. The lowest BCUT2D eigenvalue weighted by Gasteiger charge is -1.94. The summed E-state index contributed by atoms with van der Waals surface area (Å²) in [4.78, 5) is 10.8. The first-order chi connectivity index (χ1) is 5.70. The molecule has 0 spiro atoms. The molecule has 0 radical (unpaired) electrons. The quantitative estimate of drug-likeness (QED) is 0.389. The van der Waals surface area contributed by atoms with Crippen molar-refractivity contribution in [3.63, 3.8) is 0 Å². The maximum absolute atomic E-state index is 10.8. The highest BCUT2D eigenvalue weighted by Gasteiger charge is 1.91. The Kier molecular flexibility index (Phi) is 6.01. The summed E-state index contributed by atoms with van der Waals surface area (Å²) in [6, 6.07) is 0. The minimum absolute atomic E-state index is 0.0149. The van der Waals surface area contributed by atoms with Gasteiger partial charge in [-0.1, -0.05) is 17.7 Å². The fourth-order valence-corrected chi connectivity index (χ4v) is 0.602. The monoisotopic (exact) mass is 170 g/mol. The molecule has 0 aliphatic rings. The van der Waals surface area contributed by atoms with Gasteiger partial charge in [-0.05, 0) is 13.8 Å². The summed E-state index contributed by atoms with van der Waals surface area (Å²) in [7, 11) is 0. The van der Waals surface area contributed by atoms with Gasteiger partial charge in [-0.2, -0.15) is 0 Å². The van der Waals surface area contributed by atoms with Crippen LogP contribution >= 0.6 is 0 Å². The first kappa shape index (κ1) is 10.9. The molecule has 12 heavy (non-hydrogen) atoms. The zero-order valence-corrected chi connectivity index (χ0v) is 7.41. The summed E-state index contributed by atoms with van der Waals surface area (Å²) in [5, 5.41) is 8.48. The van der Waals surface area contributed by atoms with E-state index in [4.69, 9.17) is 5.11 Å². The van der Waals surface area contributed by atoms with Crippen molar-refractivity contribution in [2.45, 2.75) is 13.8 Å². The van der Waals surface area contributed by atoms with Crippen molar-refractivity contribution in [2.24, 2.45) is 0 Å². The number of carbonyl (C=O) groups is 1. The highest BCUT2D eigenvalue weighted by atomic mass is 16.5. The summed E-state index contributed by atoms with van der Waals surface area (Å²) in [6.07, 6.45) is 4.55. The van der Waals surface area contributed by atoms with Gasteiger partial charge in [0.05, 0.1) is 13.2 Å². The lowest BCUT2D eigenvalue weighted by Crippen LogP contribution is -1.98. The molecule has 0 atom stereocenters. The Morgan fingerprint density at radius 1 is 1.50 bits per heavy atom. The Morgan fingerprint density at radius 3 is 2.67 bits per heavy atom. The predicted octanol–water partition coefficient (Wildman–Crippen LogP) is 1.04. The lowest BCUT2D eigenvalue weighted by atomic mass is 10.2. The van der Waals surface area contributed by atoms with Crippen LogP contribution < -0.4 is 0 Å². The number of rotatable bonds is 4. The molecule has 0 fully saturated rings. The topological polar surface area (TPSA) is 46.5 Å². The van der Waals surface area contributed by atoms with E-state index in [1.54, 1.807) is 26.0 Å². The summed E-state index contributed by atoms with van der Waals surface area (Å²) >= 11 is 0. The van der Waals surface area contributed by atoms with Gasteiger partial charge in [-0.3, -0.25) is 0 Å². The highest BCUT2D eigenvalue weighted by molar-refractivity contribution is 5.82. The molecule has 1 N–H and O–H groups in total. The molecule has 0 aliphatic heterocycles. The molecule has 0 aromatic rings. The van der Waals surface area contributed by atoms with Crippen LogP contribution in [0.5, 0.6) is 0 Å². The number of esters is 1. The van der Waals surface area contributed by atoms with Gasteiger partial charge in [0.25, 0.3) is 0 Å². The molecule has 3 heteroatoms.